The largest absolute Gasteiger partial charge is 0.381 e. The maximum absolute atomic E-state index is 3.54. The Morgan fingerprint density at radius 1 is 0.960 bits per heavy atom. The molecule has 3 nitrogen and oxygen atoms in total. The monoisotopic (exact) mass is 335 g/mol. The predicted molar refractivity (Wildman–Crippen MR) is 105 cm³/mol. The van der Waals surface area contributed by atoms with Gasteiger partial charge in [0.2, 0.25) is 0 Å². The molecule has 1 atom stereocenters. The van der Waals surface area contributed by atoms with E-state index in [1.54, 1.807) is 0 Å². The quantitative estimate of drug-likeness (QED) is 0.834. The van der Waals surface area contributed by atoms with Crippen LogP contribution in [-0.2, 0) is 6.54 Å². The predicted octanol–water partition coefficient (Wildman–Crippen LogP) is 4.05. The fourth-order valence-corrected chi connectivity index (χ4v) is 4.10. The first-order valence-electron chi connectivity index (χ1n) is 9.73. The van der Waals surface area contributed by atoms with Gasteiger partial charge in [-0.1, -0.05) is 48.9 Å². The summed E-state index contributed by atoms with van der Waals surface area (Å²) in [6.07, 6.45) is 4.19. The molecule has 2 aromatic carbocycles. The van der Waals surface area contributed by atoms with Crippen LogP contribution in [0.1, 0.15) is 36.4 Å². The molecule has 3 heteroatoms. The van der Waals surface area contributed by atoms with Crippen LogP contribution >= 0.6 is 0 Å². The van der Waals surface area contributed by atoms with Crippen LogP contribution in [0.15, 0.2) is 54.6 Å². The minimum atomic E-state index is 0.610. The van der Waals surface area contributed by atoms with Crippen LogP contribution in [0.25, 0.3) is 0 Å². The molecule has 25 heavy (non-hydrogen) atoms. The molecule has 2 aliphatic rings. The Hall–Kier alpha value is -1.84. The van der Waals surface area contributed by atoms with Crippen LogP contribution in [0.4, 0.5) is 5.69 Å². The molecule has 0 amide bonds. The Bertz CT molecular complexity index is 643. The van der Waals surface area contributed by atoms with E-state index < -0.39 is 0 Å². The van der Waals surface area contributed by atoms with Gasteiger partial charge < -0.3 is 10.6 Å². The van der Waals surface area contributed by atoms with Gasteiger partial charge in [-0.25, -0.2) is 0 Å². The second-order valence-electron chi connectivity index (χ2n) is 7.38. The average Bonchev–Trinajstić information content (AvgIpc) is 2.65. The van der Waals surface area contributed by atoms with E-state index in [-0.39, 0.29) is 0 Å². The molecule has 0 unspecified atom stereocenters. The van der Waals surface area contributed by atoms with E-state index in [2.05, 4.69) is 70.1 Å². The standard InChI is InChI=1S/C22H29N3/c1-2-5-18(6-3-1)17-24-21-11-9-20(10-12-21)22(19-7-4-8-19)25-15-13-23-14-16-25/h1-3,5-6,9-12,19,22-24H,4,7-8,13-17H2/t22-/m1/s1. The summed E-state index contributed by atoms with van der Waals surface area (Å²) in [5, 5.41) is 7.03. The summed E-state index contributed by atoms with van der Waals surface area (Å²) in [7, 11) is 0. The van der Waals surface area contributed by atoms with Gasteiger partial charge in [0.25, 0.3) is 0 Å². The summed E-state index contributed by atoms with van der Waals surface area (Å²) in [6, 6.07) is 20.4. The van der Waals surface area contributed by atoms with Crippen LogP contribution in [0.5, 0.6) is 0 Å². The van der Waals surface area contributed by atoms with Gasteiger partial charge in [0.15, 0.2) is 0 Å². The zero-order valence-corrected chi connectivity index (χ0v) is 15.0. The summed E-state index contributed by atoms with van der Waals surface area (Å²) in [6.45, 7) is 5.48. The van der Waals surface area contributed by atoms with Crippen molar-refractivity contribution in [2.24, 2.45) is 5.92 Å². The number of hydrogen-bond acceptors (Lipinski definition) is 3. The smallest absolute Gasteiger partial charge is 0.0400 e. The van der Waals surface area contributed by atoms with E-state index in [0.29, 0.717) is 6.04 Å². The Kier molecular flexibility index (Phi) is 5.34. The fraction of sp³-hybridized carbons (Fsp3) is 0.455. The molecule has 132 valence electrons. The van der Waals surface area contributed by atoms with Crippen molar-refractivity contribution >= 4 is 5.69 Å². The molecule has 1 heterocycles. The number of anilines is 1. The number of piperazine rings is 1. The van der Waals surface area contributed by atoms with E-state index in [1.807, 2.05) is 0 Å². The minimum absolute atomic E-state index is 0.610. The van der Waals surface area contributed by atoms with Crippen molar-refractivity contribution in [1.82, 2.24) is 10.2 Å². The third-order valence-electron chi connectivity index (χ3n) is 5.73. The molecule has 2 N–H and O–H groups in total. The molecular weight excluding hydrogens is 306 g/mol. The molecule has 1 saturated heterocycles. The summed E-state index contributed by atoms with van der Waals surface area (Å²) in [4.78, 5) is 2.70. The molecule has 0 aromatic heterocycles. The molecule has 1 aliphatic carbocycles. The van der Waals surface area contributed by atoms with Crippen LogP contribution in [0.2, 0.25) is 0 Å². The zero-order chi connectivity index (χ0) is 16.9. The highest BCUT2D eigenvalue weighted by Gasteiger charge is 2.33. The summed E-state index contributed by atoms with van der Waals surface area (Å²) in [5.74, 6) is 0.848. The minimum Gasteiger partial charge on any atom is -0.381 e. The molecule has 1 saturated carbocycles. The van der Waals surface area contributed by atoms with Crippen molar-refractivity contribution in [3.8, 4) is 0 Å². The summed E-state index contributed by atoms with van der Waals surface area (Å²) in [5.41, 5.74) is 4.02. The number of nitrogens with one attached hydrogen (secondary N) is 2. The second-order valence-corrected chi connectivity index (χ2v) is 7.38. The van der Waals surface area contributed by atoms with Crippen molar-refractivity contribution in [2.45, 2.75) is 31.8 Å². The van der Waals surface area contributed by atoms with E-state index in [4.69, 9.17) is 0 Å². The van der Waals surface area contributed by atoms with Crippen molar-refractivity contribution in [3.05, 3.63) is 65.7 Å². The van der Waals surface area contributed by atoms with Gasteiger partial charge in [0, 0.05) is 44.5 Å². The van der Waals surface area contributed by atoms with Gasteiger partial charge in [-0.2, -0.15) is 0 Å². The summed E-state index contributed by atoms with van der Waals surface area (Å²) < 4.78 is 0. The zero-order valence-electron chi connectivity index (χ0n) is 15.0. The maximum Gasteiger partial charge on any atom is 0.0400 e. The highest BCUT2D eigenvalue weighted by Crippen LogP contribution is 2.41. The molecule has 0 radical (unpaired) electrons. The van der Waals surface area contributed by atoms with Crippen LogP contribution in [0, 0.1) is 5.92 Å². The SMILES string of the molecule is c1ccc(CNc2ccc([C@@H](C3CCC3)N3CCNCC3)cc2)cc1. The van der Waals surface area contributed by atoms with E-state index >= 15 is 0 Å². The Balaban J connectivity index is 1.43. The van der Waals surface area contributed by atoms with E-state index in [0.717, 1.165) is 25.6 Å². The van der Waals surface area contributed by atoms with Crippen molar-refractivity contribution < 1.29 is 0 Å². The van der Waals surface area contributed by atoms with Gasteiger partial charge in [0.1, 0.15) is 0 Å². The lowest BCUT2D eigenvalue weighted by atomic mass is 9.76. The van der Waals surface area contributed by atoms with Gasteiger partial charge in [-0.15, -0.1) is 0 Å². The van der Waals surface area contributed by atoms with Crippen molar-refractivity contribution in [1.29, 1.82) is 0 Å². The Labute approximate surface area is 151 Å². The average molecular weight is 335 g/mol. The molecule has 4 rings (SSSR count). The molecule has 1 aliphatic heterocycles. The first-order valence-corrected chi connectivity index (χ1v) is 9.73. The highest BCUT2D eigenvalue weighted by atomic mass is 15.2. The lowest BCUT2D eigenvalue weighted by molar-refractivity contribution is 0.0837. The maximum atomic E-state index is 3.54. The van der Waals surface area contributed by atoms with E-state index in [1.165, 1.54) is 49.2 Å². The third kappa shape index (κ3) is 4.05. The second kappa shape index (κ2) is 8.03. The van der Waals surface area contributed by atoms with Crippen molar-refractivity contribution in [2.75, 3.05) is 31.5 Å². The number of benzene rings is 2. The number of nitrogens with zero attached hydrogens (tertiary/aromatic N) is 1. The lowest BCUT2D eigenvalue weighted by Gasteiger charge is -2.43. The molecule has 2 aromatic rings. The lowest BCUT2D eigenvalue weighted by Crippen LogP contribution is -2.47. The van der Waals surface area contributed by atoms with Crippen LogP contribution < -0.4 is 10.6 Å². The fourth-order valence-electron chi connectivity index (χ4n) is 4.10. The third-order valence-corrected chi connectivity index (χ3v) is 5.73. The Morgan fingerprint density at radius 2 is 1.68 bits per heavy atom. The van der Waals surface area contributed by atoms with Gasteiger partial charge in [-0.05, 0) is 42.0 Å². The molecular formula is C22H29N3. The van der Waals surface area contributed by atoms with Gasteiger partial charge in [0.05, 0.1) is 0 Å². The first kappa shape index (κ1) is 16.6. The van der Waals surface area contributed by atoms with Crippen molar-refractivity contribution in [3.63, 3.8) is 0 Å². The van der Waals surface area contributed by atoms with Gasteiger partial charge in [-0.3, -0.25) is 4.90 Å². The molecule has 0 spiro atoms. The Morgan fingerprint density at radius 3 is 2.32 bits per heavy atom. The summed E-state index contributed by atoms with van der Waals surface area (Å²) >= 11 is 0. The van der Waals surface area contributed by atoms with Crippen LogP contribution in [-0.4, -0.2) is 31.1 Å². The topological polar surface area (TPSA) is 27.3 Å². The number of hydrogen-bond donors (Lipinski definition) is 2. The normalized spacial score (nSPS) is 20.0. The van der Waals surface area contributed by atoms with Crippen LogP contribution in [0.3, 0.4) is 0 Å². The molecule has 0 bridgehead atoms. The highest BCUT2D eigenvalue weighted by molar-refractivity contribution is 5.46. The number of rotatable bonds is 6. The first-order chi connectivity index (χ1) is 12.4. The molecule has 2 fully saturated rings. The van der Waals surface area contributed by atoms with E-state index in [9.17, 15) is 0 Å². The van der Waals surface area contributed by atoms with Gasteiger partial charge >= 0.3 is 0 Å².